The highest BCUT2D eigenvalue weighted by molar-refractivity contribution is 7.13. The van der Waals surface area contributed by atoms with Gasteiger partial charge in [-0.1, -0.05) is 12.1 Å². The fourth-order valence-electron chi connectivity index (χ4n) is 2.12. The molecule has 2 heterocycles. The van der Waals surface area contributed by atoms with Crippen molar-refractivity contribution in [1.82, 2.24) is 9.97 Å². The first-order valence-corrected chi connectivity index (χ1v) is 8.26. The van der Waals surface area contributed by atoms with E-state index in [1.807, 2.05) is 11.4 Å². The van der Waals surface area contributed by atoms with Crippen LogP contribution < -0.4 is 10.1 Å². The van der Waals surface area contributed by atoms with E-state index >= 15 is 0 Å². The lowest BCUT2D eigenvalue weighted by molar-refractivity contribution is -0.154. The number of aromatic nitrogens is 2. The zero-order valence-electron chi connectivity index (χ0n) is 13.2. The molecule has 0 atom stereocenters. The number of hydrogen-bond donors (Lipinski definition) is 1. The van der Waals surface area contributed by atoms with Gasteiger partial charge in [-0.15, -0.1) is 11.3 Å². The second-order valence-corrected chi connectivity index (χ2v) is 6.03. The van der Waals surface area contributed by atoms with Crippen molar-refractivity contribution in [2.75, 3.05) is 11.9 Å². The van der Waals surface area contributed by atoms with Crippen molar-refractivity contribution in [1.29, 1.82) is 0 Å². The van der Waals surface area contributed by atoms with Crippen LogP contribution in [0.2, 0.25) is 0 Å². The third kappa shape index (κ3) is 4.57. The molecule has 3 rings (SSSR count). The number of nitrogens with zero attached hydrogens (tertiary/aromatic N) is 2. The molecule has 1 amide bonds. The number of carbonyl (C=O) groups excluding carboxylic acids is 1. The van der Waals surface area contributed by atoms with Crippen molar-refractivity contribution >= 4 is 22.9 Å². The van der Waals surface area contributed by atoms with Crippen molar-refractivity contribution in [3.05, 3.63) is 59.7 Å². The standard InChI is InChI=1S/C17H12F3N3O2S/c18-17(19,20)10-25-15-13(5-2-6-21-15)14(24)23-12-4-1-3-11(9-12)16-22-7-8-26-16/h1-9H,10H2,(H,23,24). The van der Waals surface area contributed by atoms with Crippen LogP contribution in [0.3, 0.4) is 0 Å². The second-order valence-electron chi connectivity index (χ2n) is 5.13. The largest absolute Gasteiger partial charge is 0.467 e. The summed E-state index contributed by atoms with van der Waals surface area (Å²) in [7, 11) is 0. The molecule has 0 bridgehead atoms. The van der Waals surface area contributed by atoms with Crippen LogP contribution in [0.15, 0.2) is 54.2 Å². The highest BCUT2D eigenvalue weighted by Gasteiger charge is 2.29. The van der Waals surface area contributed by atoms with Gasteiger partial charge in [0.2, 0.25) is 5.88 Å². The van der Waals surface area contributed by atoms with Crippen LogP contribution >= 0.6 is 11.3 Å². The highest BCUT2D eigenvalue weighted by Crippen LogP contribution is 2.25. The average molecular weight is 379 g/mol. The molecule has 3 aromatic rings. The summed E-state index contributed by atoms with van der Waals surface area (Å²) in [6.07, 6.45) is -1.59. The van der Waals surface area contributed by atoms with Gasteiger partial charge in [0.05, 0.1) is 0 Å². The van der Waals surface area contributed by atoms with Gasteiger partial charge in [0.15, 0.2) is 6.61 Å². The van der Waals surface area contributed by atoms with Crippen molar-refractivity contribution in [3.63, 3.8) is 0 Å². The van der Waals surface area contributed by atoms with E-state index in [-0.39, 0.29) is 11.4 Å². The van der Waals surface area contributed by atoms with Crippen LogP contribution in [0.5, 0.6) is 5.88 Å². The zero-order valence-corrected chi connectivity index (χ0v) is 14.0. The van der Waals surface area contributed by atoms with E-state index in [0.717, 1.165) is 10.6 Å². The smallest absolute Gasteiger partial charge is 0.422 e. The lowest BCUT2D eigenvalue weighted by atomic mass is 10.2. The van der Waals surface area contributed by atoms with Crippen molar-refractivity contribution in [2.45, 2.75) is 6.18 Å². The summed E-state index contributed by atoms with van der Waals surface area (Å²) < 4.78 is 41.7. The minimum absolute atomic E-state index is 0.0867. The zero-order chi connectivity index (χ0) is 18.6. The van der Waals surface area contributed by atoms with Crippen molar-refractivity contribution in [2.24, 2.45) is 0 Å². The number of anilines is 1. The highest BCUT2D eigenvalue weighted by atomic mass is 32.1. The number of halogens is 3. The van der Waals surface area contributed by atoms with Gasteiger partial charge in [0, 0.05) is 29.0 Å². The summed E-state index contributed by atoms with van der Waals surface area (Å²) in [5.74, 6) is -0.995. The van der Waals surface area contributed by atoms with E-state index < -0.39 is 18.7 Å². The molecule has 2 aromatic heterocycles. The summed E-state index contributed by atoms with van der Waals surface area (Å²) in [4.78, 5) is 20.3. The Labute approximate surface area is 150 Å². The lowest BCUT2D eigenvalue weighted by Gasteiger charge is -2.12. The van der Waals surface area contributed by atoms with Gasteiger partial charge >= 0.3 is 6.18 Å². The van der Waals surface area contributed by atoms with Crippen LogP contribution in [0.25, 0.3) is 10.6 Å². The summed E-state index contributed by atoms with van der Waals surface area (Å²) >= 11 is 1.45. The number of nitrogens with one attached hydrogen (secondary N) is 1. The molecule has 0 aliphatic carbocycles. The Hall–Kier alpha value is -2.94. The van der Waals surface area contributed by atoms with E-state index in [1.54, 1.807) is 24.4 Å². The topological polar surface area (TPSA) is 64.1 Å². The molecule has 0 spiro atoms. The predicted octanol–water partition coefficient (Wildman–Crippen LogP) is 4.40. The number of pyridine rings is 1. The van der Waals surface area contributed by atoms with Gasteiger partial charge in [-0.2, -0.15) is 13.2 Å². The molecule has 0 aliphatic rings. The number of hydrogen-bond acceptors (Lipinski definition) is 5. The van der Waals surface area contributed by atoms with E-state index in [4.69, 9.17) is 0 Å². The monoisotopic (exact) mass is 379 g/mol. The molecule has 26 heavy (non-hydrogen) atoms. The number of benzene rings is 1. The quantitative estimate of drug-likeness (QED) is 0.714. The first-order valence-electron chi connectivity index (χ1n) is 7.38. The molecule has 134 valence electrons. The first kappa shape index (κ1) is 17.9. The van der Waals surface area contributed by atoms with E-state index in [2.05, 4.69) is 20.0 Å². The number of ether oxygens (including phenoxy) is 1. The molecule has 0 saturated carbocycles. The molecule has 0 unspecified atom stereocenters. The molecule has 5 nitrogen and oxygen atoms in total. The minimum atomic E-state index is -4.52. The summed E-state index contributed by atoms with van der Waals surface area (Å²) in [5.41, 5.74) is 1.21. The van der Waals surface area contributed by atoms with Crippen LogP contribution in [-0.2, 0) is 0 Å². The molecular formula is C17H12F3N3O2S. The molecule has 0 saturated heterocycles. The van der Waals surface area contributed by atoms with Gasteiger partial charge in [-0.3, -0.25) is 4.79 Å². The van der Waals surface area contributed by atoms with Gasteiger partial charge in [-0.25, -0.2) is 9.97 Å². The molecule has 0 fully saturated rings. The van der Waals surface area contributed by atoms with Crippen LogP contribution in [0.4, 0.5) is 18.9 Å². The fourth-order valence-corrected chi connectivity index (χ4v) is 2.76. The molecule has 9 heteroatoms. The van der Waals surface area contributed by atoms with Gasteiger partial charge < -0.3 is 10.1 Å². The summed E-state index contributed by atoms with van der Waals surface area (Å²) in [5, 5.41) is 5.26. The third-order valence-electron chi connectivity index (χ3n) is 3.19. The Balaban J connectivity index is 1.78. The van der Waals surface area contributed by atoms with Crippen LogP contribution in [0, 0.1) is 0 Å². The Bertz CT molecular complexity index is 898. The average Bonchev–Trinajstić information content (AvgIpc) is 3.14. The third-order valence-corrected chi connectivity index (χ3v) is 4.01. The van der Waals surface area contributed by atoms with Crippen molar-refractivity contribution in [3.8, 4) is 16.5 Å². The van der Waals surface area contributed by atoms with Gasteiger partial charge in [0.25, 0.3) is 5.91 Å². The molecule has 0 radical (unpaired) electrons. The number of carbonyl (C=O) groups is 1. The Morgan fingerprint density at radius 1 is 1.15 bits per heavy atom. The minimum Gasteiger partial charge on any atom is -0.467 e. The Morgan fingerprint density at radius 3 is 2.73 bits per heavy atom. The maximum absolute atomic E-state index is 12.4. The number of amides is 1. The van der Waals surface area contributed by atoms with Gasteiger partial charge in [0.1, 0.15) is 10.6 Å². The van der Waals surface area contributed by atoms with Crippen LogP contribution in [0.1, 0.15) is 10.4 Å². The van der Waals surface area contributed by atoms with Crippen LogP contribution in [-0.4, -0.2) is 28.7 Å². The SMILES string of the molecule is O=C(Nc1cccc(-c2nccs2)c1)c1cccnc1OCC(F)(F)F. The maximum atomic E-state index is 12.4. The Morgan fingerprint density at radius 2 is 2.00 bits per heavy atom. The van der Waals surface area contributed by atoms with E-state index in [0.29, 0.717) is 5.69 Å². The van der Waals surface area contributed by atoms with E-state index in [9.17, 15) is 18.0 Å². The molecule has 0 aliphatic heterocycles. The Kier molecular flexibility index (Phi) is 5.17. The first-order chi connectivity index (χ1) is 12.4. The summed E-state index contributed by atoms with van der Waals surface area (Å²) in [6, 6.07) is 9.78. The lowest BCUT2D eigenvalue weighted by Crippen LogP contribution is -2.22. The molecule has 1 aromatic carbocycles. The maximum Gasteiger partial charge on any atom is 0.422 e. The van der Waals surface area contributed by atoms with E-state index in [1.165, 1.54) is 29.7 Å². The van der Waals surface area contributed by atoms with Gasteiger partial charge in [-0.05, 0) is 24.3 Å². The number of thiazole rings is 1. The predicted molar refractivity (Wildman–Crippen MR) is 91.3 cm³/mol. The molecular weight excluding hydrogens is 367 g/mol. The second kappa shape index (κ2) is 7.52. The molecule has 1 N–H and O–H groups in total. The number of rotatable bonds is 5. The normalized spacial score (nSPS) is 11.2. The number of alkyl halides is 3. The fraction of sp³-hybridized carbons (Fsp3) is 0.118. The van der Waals surface area contributed by atoms with Crippen molar-refractivity contribution < 1.29 is 22.7 Å². The summed E-state index contributed by atoms with van der Waals surface area (Å²) in [6.45, 7) is -1.52.